The molecule has 2 rings (SSSR count). The lowest BCUT2D eigenvalue weighted by molar-refractivity contribution is -0.143. The number of esters is 1. The highest BCUT2D eigenvalue weighted by Gasteiger charge is 2.17. The topological polar surface area (TPSA) is 71.8 Å². The number of nitrogens with one attached hydrogen (secondary N) is 1. The van der Waals surface area contributed by atoms with Crippen LogP contribution in [0.25, 0.3) is 0 Å². The van der Waals surface area contributed by atoms with Gasteiger partial charge in [0.2, 0.25) is 0 Å². The second kappa shape index (κ2) is 9.46. The Balaban J connectivity index is 1.93. The normalized spacial score (nSPS) is 10.3. The van der Waals surface area contributed by atoms with Gasteiger partial charge in [0.15, 0.2) is 0 Å². The van der Waals surface area contributed by atoms with E-state index >= 15 is 0 Å². The summed E-state index contributed by atoms with van der Waals surface area (Å²) in [6.07, 6.45) is 1.62. The van der Waals surface area contributed by atoms with Crippen molar-refractivity contribution in [2.75, 3.05) is 13.2 Å². The van der Waals surface area contributed by atoms with Crippen LogP contribution in [-0.4, -0.2) is 30.1 Å². The van der Waals surface area contributed by atoms with E-state index < -0.39 is 0 Å². The van der Waals surface area contributed by atoms with Gasteiger partial charge in [-0.25, -0.2) is 9.18 Å². The average Bonchev–Trinajstić information content (AvgIpc) is 3.11. The molecule has 1 N–H and O–H groups in total. The van der Waals surface area contributed by atoms with Crippen molar-refractivity contribution < 1.29 is 23.1 Å². The molecule has 0 aliphatic rings. The fourth-order valence-electron chi connectivity index (χ4n) is 2.19. The fraction of sp³-hybridized carbons (Fsp3) is 0.333. The lowest BCUT2D eigenvalue weighted by atomic mass is 10.2. The molecule has 0 bridgehead atoms. The quantitative estimate of drug-likeness (QED) is 0.744. The minimum atomic E-state index is -0.363. The van der Waals surface area contributed by atoms with E-state index in [1.807, 2.05) is 0 Å². The van der Waals surface area contributed by atoms with Crippen molar-refractivity contribution >= 4 is 12.0 Å². The van der Waals surface area contributed by atoms with Crippen molar-refractivity contribution in [1.82, 2.24) is 10.2 Å². The Morgan fingerprint density at radius 2 is 2.00 bits per heavy atom. The molecular weight excluding hydrogens is 327 g/mol. The first-order valence-corrected chi connectivity index (χ1v) is 8.03. The van der Waals surface area contributed by atoms with E-state index in [1.54, 1.807) is 31.2 Å². The summed E-state index contributed by atoms with van der Waals surface area (Å²) < 4.78 is 23.1. The number of carbonyl (C=O) groups excluding carboxylic acids is 2. The zero-order valence-corrected chi connectivity index (χ0v) is 14.0. The highest BCUT2D eigenvalue weighted by atomic mass is 19.1. The summed E-state index contributed by atoms with van der Waals surface area (Å²) in [5.74, 6) is -0.0805. The molecule has 134 valence electrons. The molecule has 6 nitrogen and oxygen atoms in total. The van der Waals surface area contributed by atoms with E-state index in [0.717, 1.165) is 5.56 Å². The van der Waals surface area contributed by atoms with Crippen LogP contribution in [0.4, 0.5) is 9.18 Å². The van der Waals surface area contributed by atoms with E-state index in [0.29, 0.717) is 12.4 Å². The Morgan fingerprint density at radius 1 is 1.24 bits per heavy atom. The summed E-state index contributed by atoms with van der Waals surface area (Å²) in [6.45, 7) is 2.73. The number of amides is 2. The molecule has 7 heteroatoms. The summed E-state index contributed by atoms with van der Waals surface area (Å²) in [7, 11) is 0. The van der Waals surface area contributed by atoms with Crippen molar-refractivity contribution in [1.29, 1.82) is 0 Å². The van der Waals surface area contributed by atoms with Crippen LogP contribution in [0.5, 0.6) is 0 Å². The van der Waals surface area contributed by atoms with Gasteiger partial charge in [0.1, 0.15) is 11.6 Å². The van der Waals surface area contributed by atoms with Gasteiger partial charge in [0.05, 0.1) is 25.8 Å². The Bertz CT molecular complexity index is 671. The largest absolute Gasteiger partial charge is 0.467 e. The highest BCUT2D eigenvalue weighted by Crippen LogP contribution is 2.08. The first kappa shape index (κ1) is 18.5. The molecule has 0 spiro atoms. The van der Waals surface area contributed by atoms with Gasteiger partial charge in [-0.15, -0.1) is 0 Å². The number of carbonyl (C=O) groups is 2. The average molecular weight is 348 g/mol. The van der Waals surface area contributed by atoms with Gasteiger partial charge >= 0.3 is 12.0 Å². The van der Waals surface area contributed by atoms with Crippen LogP contribution in [0.3, 0.4) is 0 Å². The number of halogens is 1. The van der Waals surface area contributed by atoms with Gasteiger partial charge in [0.25, 0.3) is 0 Å². The third kappa shape index (κ3) is 6.29. The Kier molecular flexibility index (Phi) is 7.00. The molecule has 1 heterocycles. The van der Waals surface area contributed by atoms with Crippen LogP contribution < -0.4 is 5.32 Å². The van der Waals surface area contributed by atoms with E-state index in [2.05, 4.69) is 5.32 Å². The van der Waals surface area contributed by atoms with Crippen molar-refractivity contribution in [3.63, 3.8) is 0 Å². The lowest BCUT2D eigenvalue weighted by Crippen LogP contribution is -2.40. The first-order valence-electron chi connectivity index (χ1n) is 8.03. The second-order valence-electron chi connectivity index (χ2n) is 5.34. The second-order valence-corrected chi connectivity index (χ2v) is 5.34. The molecule has 0 saturated carbocycles. The SMILES string of the molecule is CCOC(=O)CCN(Cc1ccco1)C(=O)NCc1ccc(F)cc1. The maximum atomic E-state index is 12.9. The van der Waals surface area contributed by atoms with Crippen LogP contribution in [0.1, 0.15) is 24.7 Å². The minimum Gasteiger partial charge on any atom is -0.467 e. The van der Waals surface area contributed by atoms with Gasteiger partial charge in [0, 0.05) is 13.1 Å². The Hall–Kier alpha value is -2.83. The molecule has 0 aliphatic carbocycles. The summed E-state index contributed by atoms with van der Waals surface area (Å²) in [5.41, 5.74) is 0.776. The van der Waals surface area contributed by atoms with Gasteiger partial charge in [-0.1, -0.05) is 12.1 Å². The molecule has 0 radical (unpaired) electrons. The smallest absolute Gasteiger partial charge is 0.318 e. The molecule has 0 saturated heterocycles. The summed E-state index contributed by atoms with van der Waals surface area (Å²) in [4.78, 5) is 25.4. The third-order valence-electron chi connectivity index (χ3n) is 3.46. The maximum absolute atomic E-state index is 12.9. The summed E-state index contributed by atoms with van der Waals surface area (Å²) in [5, 5.41) is 2.76. The van der Waals surface area contributed by atoms with E-state index in [4.69, 9.17) is 9.15 Å². The molecule has 0 fully saturated rings. The minimum absolute atomic E-state index is 0.0958. The standard InChI is InChI=1S/C18H21FN2O4/c1-2-24-17(22)9-10-21(13-16-4-3-11-25-16)18(23)20-12-14-5-7-15(19)8-6-14/h3-8,11H,2,9-10,12-13H2,1H3,(H,20,23). The molecule has 25 heavy (non-hydrogen) atoms. The molecular formula is C18H21FN2O4. The lowest BCUT2D eigenvalue weighted by Gasteiger charge is -2.22. The number of hydrogen-bond acceptors (Lipinski definition) is 4. The first-order chi connectivity index (χ1) is 12.1. The molecule has 1 aromatic carbocycles. The molecule has 1 aromatic heterocycles. The molecule has 0 unspecified atom stereocenters. The maximum Gasteiger partial charge on any atom is 0.318 e. The van der Waals surface area contributed by atoms with E-state index in [-0.39, 0.29) is 43.9 Å². The van der Waals surface area contributed by atoms with Crippen molar-refractivity contribution in [3.8, 4) is 0 Å². The molecule has 0 aliphatic heterocycles. The Morgan fingerprint density at radius 3 is 2.64 bits per heavy atom. The van der Waals surface area contributed by atoms with Gasteiger partial charge < -0.3 is 19.4 Å². The van der Waals surface area contributed by atoms with Crippen molar-refractivity contribution in [2.45, 2.75) is 26.4 Å². The third-order valence-corrected chi connectivity index (χ3v) is 3.46. The van der Waals surface area contributed by atoms with Crippen LogP contribution >= 0.6 is 0 Å². The van der Waals surface area contributed by atoms with Crippen LogP contribution in [-0.2, 0) is 22.6 Å². The number of urea groups is 1. The van der Waals surface area contributed by atoms with E-state index in [1.165, 1.54) is 23.3 Å². The predicted molar refractivity (Wildman–Crippen MR) is 89.0 cm³/mol. The number of nitrogens with zero attached hydrogens (tertiary/aromatic N) is 1. The predicted octanol–water partition coefficient (Wildman–Crippen LogP) is 3.08. The van der Waals surface area contributed by atoms with Crippen molar-refractivity contribution in [2.24, 2.45) is 0 Å². The van der Waals surface area contributed by atoms with Gasteiger partial charge in [-0.05, 0) is 36.8 Å². The molecule has 2 aromatic rings. The molecule has 0 atom stereocenters. The monoisotopic (exact) mass is 348 g/mol. The zero-order chi connectivity index (χ0) is 18.1. The van der Waals surface area contributed by atoms with Gasteiger partial charge in [-0.2, -0.15) is 0 Å². The fourth-order valence-corrected chi connectivity index (χ4v) is 2.19. The Labute approximate surface area is 145 Å². The van der Waals surface area contributed by atoms with Crippen LogP contribution in [0.15, 0.2) is 47.1 Å². The number of rotatable bonds is 8. The molecule has 2 amide bonds. The van der Waals surface area contributed by atoms with Crippen LogP contribution in [0.2, 0.25) is 0 Å². The van der Waals surface area contributed by atoms with Gasteiger partial charge in [-0.3, -0.25) is 4.79 Å². The number of ether oxygens (including phenoxy) is 1. The summed E-state index contributed by atoms with van der Waals surface area (Å²) >= 11 is 0. The summed E-state index contributed by atoms with van der Waals surface area (Å²) in [6, 6.07) is 9.02. The highest BCUT2D eigenvalue weighted by molar-refractivity contribution is 5.75. The van der Waals surface area contributed by atoms with E-state index in [9.17, 15) is 14.0 Å². The van der Waals surface area contributed by atoms with Crippen molar-refractivity contribution in [3.05, 3.63) is 59.8 Å². The number of furan rings is 1. The van der Waals surface area contributed by atoms with Crippen LogP contribution in [0, 0.1) is 5.82 Å². The number of benzene rings is 1. The zero-order valence-electron chi connectivity index (χ0n) is 14.0. The number of hydrogen-bond donors (Lipinski definition) is 1.